The second kappa shape index (κ2) is 8.38. The second-order valence-corrected chi connectivity index (χ2v) is 8.10. The molecular weight excluding hydrogens is 404 g/mol. The van der Waals surface area contributed by atoms with Crippen LogP contribution in [0.3, 0.4) is 0 Å². The first-order chi connectivity index (χ1) is 15.6. The third kappa shape index (κ3) is 3.58. The van der Waals surface area contributed by atoms with Crippen molar-refractivity contribution >= 4 is 17.0 Å². The second-order valence-electron chi connectivity index (χ2n) is 8.10. The van der Waals surface area contributed by atoms with E-state index in [1.807, 2.05) is 66.7 Å². The minimum absolute atomic E-state index is 0.0851. The van der Waals surface area contributed by atoms with Crippen molar-refractivity contribution in [1.82, 2.24) is 9.13 Å². The molecule has 1 aliphatic rings. The van der Waals surface area contributed by atoms with E-state index in [1.54, 1.807) is 4.57 Å². The SMILES string of the molecule is O=C(O)C(Cn1c(=O)n(-c2ccccc2)c2ccccc21)Oc1cccc2c1CCCC2. The predicted octanol–water partition coefficient (Wildman–Crippen LogP) is 4.20. The first kappa shape index (κ1) is 20.1. The minimum Gasteiger partial charge on any atom is -0.478 e. The van der Waals surface area contributed by atoms with Crippen LogP contribution in [0.4, 0.5) is 0 Å². The molecule has 0 saturated carbocycles. The summed E-state index contributed by atoms with van der Waals surface area (Å²) in [6.07, 6.45) is 2.87. The highest BCUT2D eigenvalue weighted by molar-refractivity contribution is 5.79. The van der Waals surface area contributed by atoms with Crippen LogP contribution in [0, 0.1) is 0 Å². The number of para-hydroxylation sites is 3. The van der Waals surface area contributed by atoms with Crippen molar-refractivity contribution in [3.63, 3.8) is 0 Å². The summed E-state index contributed by atoms with van der Waals surface area (Å²) >= 11 is 0. The molecule has 162 valence electrons. The Kier molecular flexibility index (Phi) is 5.27. The zero-order valence-corrected chi connectivity index (χ0v) is 17.6. The Hall–Kier alpha value is -3.80. The van der Waals surface area contributed by atoms with Gasteiger partial charge in [-0.3, -0.25) is 9.13 Å². The Labute approximate surface area is 185 Å². The van der Waals surface area contributed by atoms with Gasteiger partial charge in [0, 0.05) is 0 Å². The van der Waals surface area contributed by atoms with Crippen molar-refractivity contribution in [2.75, 3.05) is 0 Å². The molecule has 1 N–H and O–H groups in total. The molecule has 0 fully saturated rings. The Morgan fingerprint density at radius 1 is 0.906 bits per heavy atom. The van der Waals surface area contributed by atoms with Gasteiger partial charge in [0.25, 0.3) is 0 Å². The van der Waals surface area contributed by atoms with E-state index in [0.717, 1.165) is 42.5 Å². The smallest absolute Gasteiger partial charge is 0.346 e. The lowest BCUT2D eigenvalue weighted by Gasteiger charge is -2.22. The van der Waals surface area contributed by atoms with Gasteiger partial charge < -0.3 is 9.84 Å². The highest BCUT2D eigenvalue weighted by Crippen LogP contribution is 2.30. The van der Waals surface area contributed by atoms with Crippen molar-refractivity contribution < 1.29 is 14.6 Å². The topological polar surface area (TPSA) is 73.5 Å². The number of carbonyl (C=O) groups is 1. The van der Waals surface area contributed by atoms with Crippen LogP contribution in [0.5, 0.6) is 5.75 Å². The number of carboxylic acid groups (broad SMARTS) is 1. The molecule has 1 atom stereocenters. The quantitative estimate of drug-likeness (QED) is 0.500. The summed E-state index contributed by atoms with van der Waals surface area (Å²) in [5, 5.41) is 9.94. The molecule has 0 radical (unpaired) electrons. The van der Waals surface area contributed by atoms with Crippen LogP contribution in [0.1, 0.15) is 24.0 Å². The van der Waals surface area contributed by atoms with E-state index >= 15 is 0 Å². The lowest BCUT2D eigenvalue weighted by Crippen LogP contribution is -2.36. The molecule has 1 heterocycles. The first-order valence-electron chi connectivity index (χ1n) is 10.9. The number of hydrogen-bond acceptors (Lipinski definition) is 3. The van der Waals surface area contributed by atoms with Crippen molar-refractivity contribution in [1.29, 1.82) is 0 Å². The van der Waals surface area contributed by atoms with Gasteiger partial charge in [-0.05, 0) is 67.1 Å². The minimum atomic E-state index is -1.18. The molecule has 3 aromatic carbocycles. The van der Waals surface area contributed by atoms with Gasteiger partial charge in [-0.1, -0.05) is 42.5 Å². The third-order valence-corrected chi connectivity index (χ3v) is 6.10. The normalized spacial score (nSPS) is 14.1. The number of carboxylic acids is 1. The van der Waals surface area contributed by atoms with Crippen LogP contribution >= 0.6 is 0 Å². The molecule has 4 aromatic rings. The number of benzene rings is 3. The number of hydrogen-bond donors (Lipinski definition) is 1. The van der Waals surface area contributed by atoms with E-state index < -0.39 is 12.1 Å². The van der Waals surface area contributed by atoms with E-state index in [2.05, 4.69) is 6.07 Å². The van der Waals surface area contributed by atoms with Gasteiger partial charge in [0.15, 0.2) is 0 Å². The van der Waals surface area contributed by atoms with Crippen LogP contribution in [0.2, 0.25) is 0 Å². The molecule has 32 heavy (non-hydrogen) atoms. The molecule has 6 heteroatoms. The number of nitrogens with zero attached hydrogens (tertiary/aromatic N) is 2. The third-order valence-electron chi connectivity index (χ3n) is 6.10. The monoisotopic (exact) mass is 428 g/mol. The van der Waals surface area contributed by atoms with E-state index in [1.165, 1.54) is 10.1 Å². The summed E-state index contributed by atoms with van der Waals surface area (Å²) in [6.45, 7) is -0.0851. The number of ether oxygens (including phenoxy) is 1. The molecule has 1 unspecified atom stereocenters. The Balaban J connectivity index is 1.55. The van der Waals surface area contributed by atoms with Crippen molar-refractivity contribution in [3.8, 4) is 11.4 Å². The van der Waals surface area contributed by atoms with Gasteiger partial charge in [-0.25, -0.2) is 9.59 Å². The maximum Gasteiger partial charge on any atom is 0.346 e. The lowest BCUT2D eigenvalue weighted by atomic mass is 9.91. The summed E-state index contributed by atoms with van der Waals surface area (Å²) in [7, 11) is 0. The first-order valence-corrected chi connectivity index (χ1v) is 10.9. The van der Waals surface area contributed by atoms with Crippen LogP contribution in [0.15, 0.2) is 77.6 Å². The number of rotatable bonds is 6. The fourth-order valence-corrected chi connectivity index (χ4v) is 4.55. The van der Waals surface area contributed by atoms with Gasteiger partial charge in [0.05, 0.1) is 23.3 Å². The van der Waals surface area contributed by atoms with Crippen LogP contribution < -0.4 is 10.4 Å². The highest BCUT2D eigenvalue weighted by Gasteiger charge is 2.26. The fraction of sp³-hybridized carbons (Fsp3) is 0.231. The van der Waals surface area contributed by atoms with E-state index in [9.17, 15) is 14.7 Å². The highest BCUT2D eigenvalue weighted by atomic mass is 16.5. The largest absolute Gasteiger partial charge is 0.478 e. The van der Waals surface area contributed by atoms with Gasteiger partial charge in [0.2, 0.25) is 6.10 Å². The molecule has 0 spiro atoms. The lowest BCUT2D eigenvalue weighted by molar-refractivity contribution is -0.145. The van der Waals surface area contributed by atoms with Gasteiger partial charge in [-0.2, -0.15) is 0 Å². The average molecular weight is 428 g/mol. The Morgan fingerprint density at radius 2 is 1.62 bits per heavy atom. The van der Waals surface area contributed by atoms with E-state index in [4.69, 9.17) is 4.74 Å². The fourth-order valence-electron chi connectivity index (χ4n) is 4.55. The summed E-state index contributed by atoms with van der Waals surface area (Å²) in [5.41, 5.74) is 4.15. The molecule has 1 aliphatic carbocycles. The van der Waals surface area contributed by atoms with Crippen LogP contribution in [-0.4, -0.2) is 26.3 Å². The van der Waals surface area contributed by atoms with Crippen LogP contribution in [-0.2, 0) is 24.2 Å². The van der Waals surface area contributed by atoms with Gasteiger partial charge in [0.1, 0.15) is 5.75 Å². The number of fused-ring (bicyclic) bond motifs is 2. The van der Waals surface area contributed by atoms with Crippen molar-refractivity contribution in [2.45, 2.75) is 38.3 Å². The molecule has 0 amide bonds. The zero-order valence-electron chi connectivity index (χ0n) is 17.6. The maximum atomic E-state index is 13.4. The maximum absolute atomic E-state index is 13.4. The number of aromatic nitrogens is 2. The number of imidazole rings is 1. The summed E-state index contributed by atoms with van der Waals surface area (Å²) in [4.78, 5) is 25.6. The molecular formula is C26H24N2O4. The molecule has 5 rings (SSSR count). The molecule has 1 aromatic heterocycles. The molecule has 0 bridgehead atoms. The molecule has 0 saturated heterocycles. The van der Waals surface area contributed by atoms with Crippen LogP contribution in [0.25, 0.3) is 16.7 Å². The van der Waals surface area contributed by atoms with Crippen molar-refractivity contribution in [2.24, 2.45) is 0 Å². The summed E-state index contributed by atoms with van der Waals surface area (Å²) < 4.78 is 9.13. The molecule has 0 aliphatic heterocycles. The summed E-state index contributed by atoms with van der Waals surface area (Å²) in [6, 6.07) is 22.6. The average Bonchev–Trinajstić information content (AvgIpc) is 3.10. The standard InChI is InChI=1S/C26H24N2O4/c29-25(30)24(32-23-16-8-10-18-9-4-5-13-20(18)23)17-27-21-14-6-7-15-22(21)28(26(27)31)19-11-2-1-3-12-19/h1-3,6-8,10-12,14-16,24H,4-5,9,13,17H2,(H,29,30). The Bertz CT molecular complexity index is 1340. The predicted molar refractivity (Wildman–Crippen MR) is 123 cm³/mol. The van der Waals surface area contributed by atoms with Gasteiger partial charge >= 0.3 is 11.7 Å². The zero-order chi connectivity index (χ0) is 22.1. The van der Waals surface area contributed by atoms with E-state index in [-0.39, 0.29) is 12.2 Å². The number of aryl methyl sites for hydroxylation is 1. The Morgan fingerprint density at radius 3 is 2.41 bits per heavy atom. The van der Waals surface area contributed by atoms with Gasteiger partial charge in [-0.15, -0.1) is 0 Å². The van der Waals surface area contributed by atoms with E-state index in [0.29, 0.717) is 11.3 Å². The molecule has 6 nitrogen and oxygen atoms in total. The summed E-state index contributed by atoms with van der Waals surface area (Å²) in [5.74, 6) is -0.490. The van der Waals surface area contributed by atoms with Crippen molar-refractivity contribution in [3.05, 3.63) is 94.4 Å². The number of aliphatic carboxylic acids is 1.